The van der Waals surface area contributed by atoms with Crippen LogP contribution in [0.25, 0.3) is 0 Å². The Hall–Kier alpha value is -1.12. The summed E-state index contributed by atoms with van der Waals surface area (Å²) in [6.45, 7) is 0. The molecule has 0 atom stereocenters. The van der Waals surface area contributed by atoms with E-state index in [1.165, 1.54) is 6.26 Å². The Bertz CT molecular complexity index is 117. The second kappa shape index (κ2) is 1.55. The predicted molar refractivity (Wildman–Crippen MR) is 25.6 cm³/mol. The Morgan fingerprint density at radius 2 is 2.57 bits per heavy atom. The van der Waals surface area contributed by atoms with Crippen LogP contribution in [0.1, 0.15) is 0 Å². The first-order valence-electron chi connectivity index (χ1n) is 1.93. The van der Waals surface area contributed by atoms with E-state index < -0.39 is 0 Å². The molecule has 0 bridgehead atoms. The first-order valence-corrected chi connectivity index (χ1v) is 1.93. The second-order valence-corrected chi connectivity index (χ2v) is 1.17. The summed E-state index contributed by atoms with van der Waals surface area (Å²) >= 11 is 0. The van der Waals surface area contributed by atoms with Gasteiger partial charge in [0.1, 0.15) is 12.1 Å². The molecule has 0 saturated heterocycles. The SMILES string of the molecule is NC1=CC=CON1. The summed E-state index contributed by atoms with van der Waals surface area (Å²) in [5.74, 6) is 0.530. The van der Waals surface area contributed by atoms with Crippen LogP contribution in [0.5, 0.6) is 0 Å². The van der Waals surface area contributed by atoms with Crippen molar-refractivity contribution in [2.24, 2.45) is 5.73 Å². The molecular weight excluding hydrogens is 92.1 g/mol. The van der Waals surface area contributed by atoms with Gasteiger partial charge in [-0.2, -0.15) is 0 Å². The van der Waals surface area contributed by atoms with Gasteiger partial charge in [-0.15, -0.1) is 0 Å². The van der Waals surface area contributed by atoms with E-state index in [0.717, 1.165) is 0 Å². The highest BCUT2D eigenvalue weighted by molar-refractivity contribution is 5.07. The smallest absolute Gasteiger partial charge is 0.131 e. The van der Waals surface area contributed by atoms with E-state index in [1.807, 2.05) is 0 Å². The monoisotopic (exact) mass is 98.0 g/mol. The maximum absolute atomic E-state index is 5.21. The lowest BCUT2D eigenvalue weighted by Gasteiger charge is -2.05. The quantitative estimate of drug-likeness (QED) is 0.442. The number of hydroxylamine groups is 1. The average Bonchev–Trinajstić information content (AvgIpc) is 1.69. The summed E-state index contributed by atoms with van der Waals surface area (Å²) < 4.78 is 0. The molecule has 0 aromatic carbocycles. The van der Waals surface area contributed by atoms with E-state index in [2.05, 4.69) is 10.3 Å². The van der Waals surface area contributed by atoms with E-state index in [-0.39, 0.29) is 0 Å². The molecule has 7 heavy (non-hydrogen) atoms. The van der Waals surface area contributed by atoms with Crippen LogP contribution in [-0.4, -0.2) is 0 Å². The fourth-order valence-corrected chi connectivity index (χ4v) is 0.318. The van der Waals surface area contributed by atoms with Crippen LogP contribution in [0.4, 0.5) is 0 Å². The summed E-state index contributed by atoms with van der Waals surface area (Å²) in [6, 6.07) is 0. The maximum Gasteiger partial charge on any atom is 0.131 e. The zero-order valence-corrected chi connectivity index (χ0v) is 3.72. The number of allylic oxidation sites excluding steroid dienone is 2. The highest BCUT2D eigenvalue weighted by Crippen LogP contribution is 1.87. The summed E-state index contributed by atoms with van der Waals surface area (Å²) in [6.07, 6.45) is 4.94. The molecule has 1 aliphatic heterocycles. The standard InChI is InChI=1S/C4H6N2O/c5-4-2-1-3-7-6-4/h1-3,6H,5H2. The number of hydrogen-bond donors (Lipinski definition) is 2. The van der Waals surface area contributed by atoms with Gasteiger partial charge in [-0.05, 0) is 12.2 Å². The van der Waals surface area contributed by atoms with Crippen molar-refractivity contribution in [3.63, 3.8) is 0 Å². The van der Waals surface area contributed by atoms with E-state index in [9.17, 15) is 0 Å². The van der Waals surface area contributed by atoms with Crippen LogP contribution in [-0.2, 0) is 4.84 Å². The van der Waals surface area contributed by atoms with Crippen LogP contribution < -0.4 is 11.2 Å². The van der Waals surface area contributed by atoms with Gasteiger partial charge in [-0.1, -0.05) is 0 Å². The summed E-state index contributed by atoms with van der Waals surface area (Å²) in [5.41, 5.74) is 7.64. The van der Waals surface area contributed by atoms with Crippen LogP contribution in [0.15, 0.2) is 24.2 Å². The maximum atomic E-state index is 5.21. The van der Waals surface area contributed by atoms with Gasteiger partial charge in [0.05, 0.1) is 0 Å². The first-order chi connectivity index (χ1) is 3.39. The van der Waals surface area contributed by atoms with E-state index in [4.69, 9.17) is 5.73 Å². The largest absolute Gasteiger partial charge is 0.389 e. The molecule has 0 saturated carbocycles. The zero-order chi connectivity index (χ0) is 5.11. The Balaban J connectivity index is 2.57. The molecular formula is C4H6N2O. The summed E-state index contributed by atoms with van der Waals surface area (Å²) in [7, 11) is 0. The van der Waals surface area contributed by atoms with Crippen molar-refractivity contribution in [2.75, 3.05) is 0 Å². The molecule has 0 aliphatic carbocycles. The minimum Gasteiger partial charge on any atom is -0.389 e. The average molecular weight is 98.1 g/mol. The Morgan fingerprint density at radius 3 is 2.86 bits per heavy atom. The molecule has 0 aromatic rings. The topological polar surface area (TPSA) is 47.3 Å². The lowest BCUT2D eigenvalue weighted by atomic mass is 10.5. The van der Waals surface area contributed by atoms with Crippen molar-refractivity contribution in [1.82, 2.24) is 5.48 Å². The van der Waals surface area contributed by atoms with Gasteiger partial charge < -0.3 is 10.6 Å². The molecule has 3 N–H and O–H groups in total. The van der Waals surface area contributed by atoms with Crippen LogP contribution in [0, 0.1) is 0 Å². The highest BCUT2D eigenvalue weighted by Gasteiger charge is 1.86. The normalized spacial score (nSPS) is 16.9. The third kappa shape index (κ3) is 0.855. The highest BCUT2D eigenvalue weighted by atomic mass is 16.6. The van der Waals surface area contributed by atoms with Crippen LogP contribution in [0.2, 0.25) is 0 Å². The van der Waals surface area contributed by atoms with Crippen molar-refractivity contribution in [1.29, 1.82) is 0 Å². The molecule has 3 nitrogen and oxygen atoms in total. The zero-order valence-electron chi connectivity index (χ0n) is 3.72. The van der Waals surface area contributed by atoms with Gasteiger partial charge in [-0.25, -0.2) is 5.48 Å². The molecule has 0 spiro atoms. The molecule has 1 rings (SSSR count). The van der Waals surface area contributed by atoms with E-state index in [0.29, 0.717) is 5.82 Å². The lowest BCUT2D eigenvalue weighted by Crippen LogP contribution is -2.19. The van der Waals surface area contributed by atoms with Crippen LogP contribution in [0.3, 0.4) is 0 Å². The molecule has 0 amide bonds. The number of nitrogens with one attached hydrogen (secondary N) is 1. The first kappa shape index (κ1) is 4.05. The number of rotatable bonds is 0. The molecule has 1 aliphatic rings. The molecule has 0 radical (unpaired) electrons. The van der Waals surface area contributed by atoms with Crippen LogP contribution >= 0.6 is 0 Å². The van der Waals surface area contributed by atoms with Gasteiger partial charge in [0.2, 0.25) is 0 Å². The Labute approximate surface area is 41.4 Å². The van der Waals surface area contributed by atoms with Gasteiger partial charge in [0.15, 0.2) is 0 Å². The van der Waals surface area contributed by atoms with Crippen molar-refractivity contribution < 1.29 is 4.84 Å². The lowest BCUT2D eigenvalue weighted by molar-refractivity contribution is 0.158. The minimum absolute atomic E-state index is 0.530. The summed E-state index contributed by atoms with van der Waals surface area (Å²) in [5, 5.41) is 0. The van der Waals surface area contributed by atoms with Crippen molar-refractivity contribution in [2.45, 2.75) is 0 Å². The minimum atomic E-state index is 0.530. The van der Waals surface area contributed by atoms with Crippen molar-refractivity contribution >= 4 is 0 Å². The third-order valence-electron chi connectivity index (χ3n) is 0.599. The second-order valence-electron chi connectivity index (χ2n) is 1.17. The third-order valence-corrected chi connectivity index (χ3v) is 0.599. The molecule has 1 heterocycles. The van der Waals surface area contributed by atoms with Gasteiger partial charge in [-0.3, -0.25) is 0 Å². The van der Waals surface area contributed by atoms with Gasteiger partial charge in [0, 0.05) is 0 Å². The summed E-state index contributed by atoms with van der Waals surface area (Å²) in [4.78, 5) is 4.56. The fraction of sp³-hybridized carbons (Fsp3) is 0. The molecule has 0 aromatic heterocycles. The Kier molecular flexibility index (Phi) is 0.898. The fourth-order valence-electron chi connectivity index (χ4n) is 0.318. The van der Waals surface area contributed by atoms with E-state index >= 15 is 0 Å². The number of nitrogens with two attached hydrogens (primary N) is 1. The molecule has 0 fully saturated rings. The van der Waals surface area contributed by atoms with Crippen molar-refractivity contribution in [3.8, 4) is 0 Å². The molecule has 0 unspecified atom stereocenters. The predicted octanol–water partition coefficient (Wildman–Crippen LogP) is -0.165. The Morgan fingerprint density at radius 1 is 1.71 bits per heavy atom. The van der Waals surface area contributed by atoms with Gasteiger partial charge in [0.25, 0.3) is 0 Å². The molecule has 38 valence electrons. The van der Waals surface area contributed by atoms with Gasteiger partial charge >= 0.3 is 0 Å². The number of hydrogen-bond acceptors (Lipinski definition) is 3. The molecule has 3 heteroatoms. The van der Waals surface area contributed by atoms with Crippen molar-refractivity contribution in [3.05, 3.63) is 24.2 Å². The van der Waals surface area contributed by atoms with E-state index in [1.54, 1.807) is 12.2 Å².